The molecule has 1 fully saturated rings. The van der Waals surface area contributed by atoms with Crippen LogP contribution in [0.25, 0.3) is 0 Å². The van der Waals surface area contributed by atoms with E-state index in [1.807, 2.05) is 36.7 Å². The van der Waals surface area contributed by atoms with Gasteiger partial charge in [-0.3, -0.25) is 4.98 Å². The Kier molecular flexibility index (Phi) is 5.72. The van der Waals surface area contributed by atoms with Crippen LogP contribution in [0, 0.1) is 0 Å². The van der Waals surface area contributed by atoms with Crippen molar-refractivity contribution in [1.82, 2.24) is 4.98 Å². The van der Waals surface area contributed by atoms with Crippen LogP contribution < -0.4 is 14.4 Å². The Morgan fingerprint density at radius 1 is 1.08 bits per heavy atom. The van der Waals surface area contributed by atoms with Crippen molar-refractivity contribution in [3.63, 3.8) is 0 Å². The van der Waals surface area contributed by atoms with Crippen molar-refractivity contribution < 1.29 is 19.0 Å². The molecule has 1 aromatic heterocycles. The lowest BCUT2D eigenvalue weighted by Gasteiger charge is -2.33. The monoisotopic (exact) mass is 342 g/mol. The van der Waals surface area contributed by atoms with Gasteiger partial charge in [0, 0.05) is 44.0 Å². The lowest BCUT2D eigenvalue weighted by atomic mass is 10.1. The number of benzene rings is 1. The van der Waals surface area contributed by atoms with Gasteiger partial charge in [-0.15, -0.1) is 0 Å². The highest BCUT2D eigenvalue weighted by Crippen LogP contribution is 2.24. The molecule has 0 N–H and O–H groups in total. The second-order valence-electron chi connectivity index (χ2n) is 5.85. The SMILES string of the molecule is COC(=O)COc1ccc(OC2CCN(c3ccncc3)CC2)cc1. The molecule has 0 spiro atoms. The van der Waals surface area contributed by atoms with Gasteiger partial charge in [0.1, 0.15) is 17.6 Å². The third kappa shape index (κ3) is 4.86. The summed E-state index contributed by atoms with van der Waals surface area (Å²) in [6.45, 7) is 1.84. The van der Waals surface area contributed by atoms with Gasteiger partial charge in [0.2, 0.25) is 0 Å². The van der Waals surface area contributed by atoms with Crippen molar-refractivity contribution in [2.45, 2.75) is 18.9 Å². The first-order valence-corrected chi connectivity index (χ1v) is 8.36. The van der Waals surface area contributed by atoms with Crippen LogP contribution >= 0.6 is 0 Å². The molecule has 2 aromatic rings. The van der Waals surface area contributed by atoms with Crippen molar-refractivity contribution >= 4 is 11.7 Å². The molecule has 132 valence electrons. The number of pyridine rings is 1. The zero-order valence-electron chi connectivity index (χ0n) is 14.3. The van der Waals surface area contributed by atoms with Crippen LogP contribution in [0.1, 0.15) is 12.8 Å². The highest BCUT2D eigenvalue weighted by Gasteiger charge is 2.20. The maximum Gasteiger partial charge on any atom is 0.343 e. The molecule has 0 bridgehead atoms. The molecule has 0 amide bonds. The molecule has 25 heavy (non-hydrogen) atoms. The molecular formula is C19H22N2O4. The molecule has 0 saturated carbocycles. The zero-order valence-corrected chi connectivity index (χ0v) is 14.3. The number of piperidine rings is 1. The Morgan fingerprint density at radius 3 is 2.36 bits per heavy atom. The summed E-state index contributed by atoms with van der Waals surface area (Å²) in [5, 5.41) is 0. The van der Waals surface area contributed by atoms with Gasteiger partial charge in [0.25, 0.3) is 0 Å². The number of esters is 1. The van der Waals surface area contributed by atoms with Crippen LogP contribution in [0.2, 0.25) is 0 Å². The number of hydrogen-bond donors (Lipinski definition) is 0. The van der Waals surface area contributed by atoms with Gasteiger partial charge in [0.15, 0.2) is 6.61 Å². The van der Waals surface area contributed by atoms with Crippen molar-refractivity contribution in [3.8, 4) is 11.5 Å². The minimum absolute atomic E-state index is 0.0931. The number of nitrogens with zero attached hydrogens (tertiary/aromatic N) is 2. The summed E-state index contributed by atoms with van der Waals surface area (Å²) in [6, 6.07) is 11.4. The van der Waals surface area contributed by atoms with Crippen LogP contribution in [0.15, 0.2) is 48.8 Å². The van der Waals surface area contributed by atoms with E-state index in [-0.39, 0.29) is 12.7 Å². The summed E-state index contributed by atoms with van der Waals surface area (Å²) >= 11 is 0. The average molecular weight is 342 g/mol. The molecule has 1 saturated heterocycles. The van der Waals surface area contributed by atoms with Crippen molar-refractivity contribution in [3.05, 3.63) is 48.8 Å². The standard InChI is InChI=1S/C19H22N2O4/c1-23-19(22)14-24-16-2-4-17(5-3-16)25-18-8-12-21(13-9-18)15-6-10-20-11-7-15/h2-7,10-11,18H,8-9,12-14H2,1H3. The number of carbonyl (C=O) groups is 1. The van der Waals surface area contributed by atoms with E-state index in [9.17, 15) is 4.79 Å². The van der Waals surface area contributed by atoms with Crippen LogP contribution in [-0.2, 0) is 9.53 Å². The third-order valence-electron chi connectivity index (χ3n) is 4.18. The lowest BCUT2D eigenvalue weighted by molar-refractivity contribution is -0.142. The number of hydrogen-bond acceptors (Lipinski definition) is 6. The predicted molar refractivity (Wildman–Crippen MR) is 94.1 cm³/mol. The molecule has 0 unspecified atom stereocenters. The minimum Gasteiger partial charge on any atom is -0.490 e. The van der Waals surface area contributed by atoms with Gasteiger partial charge in [-0.1, -0.05) is 0 Å². The van der Waals surface area contributed by atoms with Gasteiger partial charge >= 0.3 is 5.97 Å². The number of anilines is 1. The first kappa shape index (κ1) is 17.1. The molecule has 0 atom stereocenters. The summed E-state index contributed by atoms with van der Waals surface area (Å²) in [6.07, 6.45) is 5.80. The molecule has 1 aliphatic rings. The number of carbonyl (C=O) groups excluding carboxylic acids is 1. The largest absolute Gasteiger partial charge is 0.490 e. The zero-order chi connectivity index (χ0) is 17.5. The fourth-order valence-electron chi connectivity index (χ4n) is 2.79. The number of aromatic nitrogens is 1. The highest BCUT2D eigenvalue weighted by atomic mass is 16.6. The van der Waals surface area contributed by atoms with E-state index >= 15 is 0 Å². The maximum atomic E-state index is 11.1. The normalized spacial score (nSPS) is 14.8. The highest BCUT2D eigenvalue weighted by molar-refractivity contribution is 5.70. The van der Waals surface area contributed by atoms with Gasteiger partial charge in [0.05, 0.1) is 7.11 Å². The van der Waals surface area contributed by atoms with Crippen LogP contribution in [0.3, 0.4) is 0 Å². The van der Waals surface area contributed by atoms with E-state index in [2.05, 4.69) is 14.6 Å². The molecule has 2 heterocycles. The fraction of sp³-hybridized carbons (Fsp3) is 0.368. The Balaban J connectivity index is 1.46. The van der Waals surface area contributed by atoms with Gasteiger partial charge in [-0.2, -0.15) is 0 Å². The first-order valence-electron chi connectivity index (χ1n) is 8.36. The van der Waals surface area contributed by atoms with E-state index in [0.717, 1.165) is 31.7 Å². The summed E-state index contributed by atoms with van der Waals surface area (Å²) in [4.78, 5) is 17.5. The van der Waals surface area contributed by atoms with E-state index < -0.39 is 5.97 Å². The Morgan fingerprint density at radius 2 is 1.72 bits per heavy atom. The van der Waals surface area contributed by atoms with Crippen LogP contribution in [-0.4, -0.2) is 43.9 Å². The average Bonchev–Trinajstić information content (AvgIpc) is 2.68. The predicted octanol–water partition coefficient (Wildman–Crippen LogP) is 2.68. The van der Waals surface area contributed by atoms with E-state index in [4.69, 9.17) is 9.47 Å². The molecule has 1 aromatic carbocycles. The second-order valence-corrected chi connectivity index (χ2v) is 5.85. The van der Waals surface area contributed by atoms with Crippen molar-refractivity contribution in [2.24, 2.45) is 0 Å². The molecule has 0 aliphatic carbocycles. The van der Waals surface area contributed by atoms with Crippen molar-refractivity contribution in [2.75, 3.05) is 31.7 Å². The Hall–Kier alpha value is -2.76. The second kappa shape index (κ2) is 8.37. The van der Waals surface area contributed by atoms with E-state index in [0.29, 0.717) is 5.75 Å². The lowest BCUT2D eigenvalue weighted by Crippen LogP contribution is -2.38. The molecule has 0 radical (unpaired) electrons. The molecule has 6 heteroatoms. The minimum atomic E-state index is -0.402. The summed E-state index contributed by atoms with van der Waals surface area (Å²) in [7, 11) is 1.34. The number of methoxy groups -OCH3 is 1. The Labute approximate surface area is 147 Å². The molecule has 3 rings (SSSR count). The summed E-state index contributed by atoms with van der Waals surface area (Å²) in [5.41, 5.74) is 1.21. The van der Waals surface area contributed by atoms with Gasteiger partial charge in [-0.05, 0) is 36.4 Å². The topological polar surface area (TPSA) is 60.9 Å². The van der Waals surface area contributed by atoms with Gasteiger partial charge < -0.3 is 19.1 Å². The van der Waals surface area contributed by atoms with E-state index in [1.54, 1.807) is 12.1 Å². The van der Waals surface area contributed by atoms with Crippen molar-refractivity contribution in [1.29, 1.82) is 0 Å². The molecule has 6 nitrogen and oxygen atoms in total. The van der Waals surface area contributed by atoms with Crippen LogP contribution in [0.4, 0.5) is 5.69 Å². The van der Waals surface area contributed by atoms with Gasteiger partial charge in [-0.25, -0.2) is 4.79 Å². The van der Waals surface area contributed by atoms with Crippen LogP contribution in [0.5, 0.6) is 11.5 Å². The molecule has 1 aliphatic heterocycles. The number of ether oxygens (including phenoxy) is 3. The molecular weight excluding hydrogens is 320 g/mol. The fourth-order valence-corrected chi connectivity index (χ4v) is 2.79. The third-order valence-corrected chi connectivity index (χ3v) is 4.18. The first-order chi connectivity index (χ1) is 12.2. The van der Waals surface area contributed by atoms with E-state index in [1.165, 1.54) is 12.8 Å². The quantitative estimate of drug-likeness (QED) is 0.752. The number of rotatable bonds is 6. The smallest absolute Gasteiger partial charge is 0.343 e. The summed E-state index contributed by atoms with van der Waals surface area (Å²) < 4.78 is 15.9. The summed E-state index contributed by atoms with van der Waals surface area (Å²) in [5.74, 6) is 1.03. The maximum absolute atomic E-state index is 11.1. The Bertz CT molecular complexity index is 668.